The van der Waals surface area contributed by atoms with Gasteiger partial charge in [-0.05, 0) is 49.1 Å². The fraction of sp³-hybridized carbons (Fsp3) is 0.462. The van der Waals surface area contributed by atoms with E-state index in [2.05, 4.69) is 5.32 Å². The molecule has 0 aromatic heterocycles. The van der Waals surface area contributed by atoms with Crippen molar-refractivity contribution in [2.75, 3.05) is 24.2 Å². The number of sulfonamides is 1. The summed E-state index contributed by atoms with van der Waals surface area (Å²) in [4.78, 5) is 28.5. The Morgan fingerprint density at radius 2 is 1.81 bits per heavy atom. The molecule has 10 heteroatoms. The molecule has 1 aliphatic carbocycles. The maximum absolute atomic E-state index is 13.7. The van der Waals surface area contributed by atoms with Crippen molar-refractivity contribution in [3.05, 3.63) is 59.1 Å². The number of nitrogens with zero attached hydrogens (tertiary/aromatic N) is 2. The number of hydrogen-bond acceptors (Lipinski definition) is 5. The van der Waals surface area contributed by atoms with E-state index >= 15 is 0 Å². The lowest BCUT2D eigenvalue weighted by atomic mass is 10.1. The summed E-state index contributed by atoms with van der Waals surface area (Å²) in [6.07, 6.45) is 5.41. The molecule has 0 heterocycles. The molecule has 0 aliphatic heterocycles. The second-order valence-corrected chi connectivity index (χ2v) is 11.4. The summed E-state index contributed by atoms with van der Waals surface area (Å²) in [6.45, 7) is 1.53. The molecule has 1 saturated carbocycles. The van der Waals surface area contributed by atoms with Crippen LogP contribution in [0.15, 0.2) is 48.5 Å². The first kappa shape index (κ1) is 27.8. The number of nitrogens with one attached hydrogen (secondary N) is 1. The van der Waals surface area contributed by atoms with Gasteiger partial charge in [0.2, 0.25) is 21.8 Å². The highest BCUT2D eigenvalue weighted by Gasteiger charge is 2.33. The van der Waals surface area contributed by atoms with Gasteiger partial charge in [-0.15, -0.1) is 0 Å². The Morgan fingerprint density at radius 1 is 1.14 bits per heavy atom. The third kappa shape index (κ3) is 7.36. The molecule has 2 amide bonds. The van der Waals surface area contributed by atoms with Crippen LogP contribution < -0.4 is 14.4 Å². The van der Waals surface area contributed by atoms with Crippen molar-refractivity contribution in [2.24, 2.45) is 0 Å². The number of carbonyl (C=O) groups is 2. The van der Waals surface area contributed by atoms with Crippen LogP contribution >= 0.6 is 11.6 Å². The predicted octanol–water partition coefficient (Wildman–Crippen LogP) is 3.98. The number of benzene rings is 2. The van der Waals surface area contributed by atoms with E-state index in [1.807, 2.05) is 6.92 Å². The van der Waals surface area contributed by atoms with Crippen molar-refractivity contribution in [3.63, 3.8) is 0 Å². The highest BCUT2D eigenvalue weighted by atomic mass is 35.5. The lowest BCUT2D eigenvalue weighted by Crippen LogP contribution is -2.53. The smallest absolute Gasteiger partial charge is 0.244 e. The van der Waals surface area contributed by atoms with E-state index in [1.165, 1.54) is 12.0 Å². The fourth-order valence-corrected chi connectivity index (χ4v) is 5.42. The number of anilines is 1. The molecule has 1 aliphatic rings. The van der Waals surface area contributed by atoms with Crippen molar-refractivity contribution in [1.82, 2.24) is 10.2 Å². The lowest BCUT2D eigenvalue weighted by molar-refractivity contribution is -0.140. The summed E-state index contributed by atoms with van der Waals surface area (Å²) in [5, 5.41) is 3.65. The molecule has 2 aromatic carbocycles. The van der Waals surface area contributed by atoms with Gasteiger partial charge in [-0.3, -0.25) is 13.9 Å². The number of carbonyl (C=O) groups excluding carboxylic acids is 2. The lowest BCUT2D eigenvalue weighted by Gasteiger charge is -2.33. The molecule has 8 nitrogen and oxygen atoms in total. The Balaban J connectivity index is 1.92. The number of rotatable bonds is 11. The molecule has 36 heavy (non-hydrogen) atoms. The first-order valence-corrected chi connectivity index (χ1v) is 14.3. The summed E-state index contributed by atoms with van der Waals surface area (Å²) < 4.78 is 31.7. The average molecular weight is 536 g/mol. The third-order valence-electron chi connectivity index (χ3n) is 6.37. The van der Waals surface area contributed by atoms with E-state index < -0.39 is 28.5 Å². The minimum absolute atomic E-state index is 0.100. The quantitative estimate of drug-likeness (QED) is 0.469. The van der Waals surface area contributed by atoms with Gasteiger partial charge in [-0.1, -0.05) is 49.6 Å². The van der Waals surface area contributed by atoms with Crippen molar-refractivity contribution in [2.45, 2.75) is 57.7 Å². The summed E-state index contributed by atoms with van der Waals surface area (Å²) in [7, 11) is -2.33. The van der Waals surface area contributed by atoms with Gasteiger partial charge in [0.1, 0.15) is 18.3 Å². The molecule has 0 spiro atoms. The molecule has 0 radical (unpaired) electrons. The zero-order valence-electron chi connectivity index (χ0n) is 20.9. The van der Waals surface area contributed by atoms with E-state index in [1.54, 1.807) is 48.5 Å². The van der Waals surface area contributed by atoms with Gasteiger partial charge in [0.05, 0.1) is 19.1 Å². The zero-order chi connectivity index (χ0) is 26.3. The van der Waals surface area contributed by atoms with E-state index in [4.69, 9.17) is 16.3 Å². The summed E-state index contributed by atoms with van der Waals surface area (Å²) >= 11 is 6.03. The largest absolute Gasteiger partial charge is 0.497 e. The molecule has 0 bridgehead atoms. The van der Waals surface area contributed by atoms with Gasteiger partial charge in [-0.25, -0.2) is 8.42 Å². The van der Waals surface area contributed by atoms with Crippen molar-refractivity contribution < 1.29 is 22.7 Å². The van der Waals surface area contributed by atoms with Gasteiger partial charge in [0, 0.05) is 23.7 Å². The molecule has 196 valence electrons. The summed E-state index contributed by atoms with van der Waals surface area (Å²) in [5.41, 5.74) is 1.09. The van der Waals surface area contributed by atoms with Crippen molar-refractivity contribution >= 4 is 39.1 Å². The monoisotopic (exact) mass is 535 g/mol. The Morgan fingerprint density at radius 3 is 2.39 bits per heavy atom. The first-order valence-electron chi connectivity index (χ1n) is 12.1. The van der Waals surface area contributed by atoms with Crippen LogP contribution in [0.5, 0.6) is 5.75 Å². The second kappa shape index (κ2) is 12.5. The van der Waals surface area contributed by atoms with Crippen molar-refractivity contribution in [3.8, 4) is 5.75 Å². The van der Waals surface area contributed by atoms with Crippen LogP contribution in [0.3, 0.4) is 0 Å². The van der Waals surface area contributed by atoms with E-state index in [0.717, 1.165) is 41.8 Å². The molecule has 0 saturated heterocycles. The zero-order valence-corrected chi connectivity index (χ0v) is 22.5. The van der Waals surface area contributed by atoms with Gasteiger partial charge in [0.25, 0.3) is 0 Å². The van der Waals surface area contributed by atoms with Crippen LogP contribution in [-0.4, -0.2) is 57.1 Å². The maximum Gasteiger partial charge on any atom is 0.244 e. The third-order valence-corrected chi connectivity index (χ3v) is 7.77. The van der Waals surface area contributed by atoms with Gasteiger partial charge < -0.3 is 15.0 Å². The van der Waals surface area contributed by atoms with Crippen LogP contribution in [0.25, 0.3) is 0 Å². The average Bonchev–Trinajstić information content (AvgIpc) is 3.35. The molecule has 1 fully saturated rings. The predicted molar refractivity (Wildman–Crippen MR) is 142 cm³/mol. The van der Waals surface area contributed by atoms with Crippen molar-refractivity contribution in [1.29, 1.82) is 0 Å². The van der Waals surface area contributed by atoms with E-state index in [0.29, 0.717) is 22.9 Å². The minimum atomic E-state index is -3.81. The normalized spacial score (nSPS) is 14.8. The maximum atomic E-state index is 13.7. The van der Waals surface area contributed by atoms with Crippen LogP contribution in [-0.2, 0) is 26.2 Å². The number of hydrogen-bond donors (Lipinski definition) is 1. The topological polar surface area (TPSA) is 96.0 Å². The number of amides is 2. The second-order valence-electron chi connectivity index (χ2n) is 9.03. The number of halogens is 1. The molecule has 0 unspecified atom stereocenters. The number of methoxy groups -OCH3 is 1. The summed E-state index contributed by atoms with van der Waals surface area (Å²) in [6, 6.07) is 12.9. The fourth-order valence-electron chi connectivity index (χ4n) is 4.45. The molecule has 3 rings (SSSR count). The standard InChI is InChI=1S/C26H34ClN3O5S/c1-4-24(26(32)28-21-8-5-6-9-21)29(17-19-12-14-20(27)15-13-19)25(31)18-30(36(3,33)34)22-10-7-11-23(16-22)35-2/h7,10-16,21,24H,4-6,8-9,17-18H2,1-3H3,(H,28,32)/t24-/m0/s1. The summed E-state index contributed by atoms with van der Waals surface area (Å²) in [5.74, 6) is -0.236. The SMILES string of the molecule is CC[C@@H](C(=O)NC1CCCC1)N(Cc1ccc(Cl)cc1)C(=O)CN(c1cccc(OC)c1)S(C)(=O)=O. The molecule has 1 atom stereocenters. The van der Waals surface area contributed by atoms with E-state index in [9.17, 15) is 18.0 Å². The Kier molecular flexibility index (Phi) is 9.62. The van der Waals surface area contributed by atoms with Crippen LogP contribution in [0.4, 0.5) is 5.69 Å². The molecular formula is C26H34ClN3O5S. The van der Waals surface area contributed by atoms with Crippen LogP contribution in [0.1, 0.15) is 44.6 Å². The first-order chi connectivity index (χ1) is 17.1. The minimum Gasteiger partial charge on any atom is -0.497 e. The number of ether oxygens (including phenoxy) is 1. The van der Waals surface area contributed by atoms with E-state index in [-0.39, 0.29) is 18.5 Å². The van der Waals surface area contributed by atoms with Gasteiger partial charge in [0.15, 0.2) is 0 Å². The highest BCUT2D eigenvalue weighted by molar-refractivity contribution is 7.92. The van der Waals surface area contributed by atoms with Gasteiger partial charge >= 0.3 is 0 Å². The Labute approximate surface area is 218 Å². The van der Waals surface area contributed by atoms with Crippen LogP contribution in [0.2, 0.25) is 5.02 Å². The van der Waals surface area contributed by atoms with Gasteiger partial charge in [-0.2, -0.15) is 0 Å². The molecular weight excluding hydrogens is 502 g/mol. The van der Waals surface area contributed by atoms with Crippen LogP contribution in [0, 0.1) is 0 Å². The Hall–Kier alpha value is -2.78. The highest BCUT2D eigenvalue weighted by Crippen LogP contribution is 2.24. The Bertz CT molecular complexity index is 1150. The molecule has 1 N–H and O–H groups in total. The molecule has 2 aromatic rings.